The van der Waals surface area contributed by atoms with Crippen molar-refractivity contribution in [1.29, 1.82) is 0 Å². The number of fused-ring (bicyclic) bond motifs is 6. The van der Waals surface area contributed by atoms with E-state index in [1.807, 2.05) is 36.4 Å². The molecule has 0 spiro atoms. The van der Waals surface area contributed by atoms with Crippen molar-refractivity contribution in [2.75, 3.05) is 0 Å². The van der Waals surface area contributed by atoms with Crippen molar-refractivity contribution in [3.63, 3.8) is 0 Å². The molecule has 0 saturated carbocycles. The van der Waals surface area contributed by atoms with Gasteiger partial charge in [-0.05, 0) is 53.6 Å². The van der Waals surface area contributed by atoms with Gasteiger partial charge in [0.1, 0.15) is 0 Å². The van der Waals surface area contributed by atoms with E-state index in [0.717, 1.165) is 50.2 Å². The van der Waals surface area contributed by atoms with Crippen molar-refractivity contribution in [3.05, 3.63) is 200 Å². The fraction of sp³-hybridized carbons (Fsp3) is 0. The predicted molar refractivity (Wildman–Crippen MR) is 230 cm³/mol. The van der Waals surface area contributed by atoms with Crippen molar-refractivity contribution < 1.29 is 0 Å². The highest BCUT2D eigenvalue weighted by Gasteiger charge is 2.19. The summed E-state index contributed by atoms with van der Waals surface area (Å²) in [5, 5.41) is 4.81. The monoisotopic (exact) mass is 715 g/mol. The van der Waals surface area contributed by atoms with Crippen LogP contribution in [0.5, 0.6) is 0 Å². The lowest BCUT2D eigenvalue weighted by molar-refractivity contribution is 1.07. The number of benzene rings is 8. The molecule has 262 valence electrons. The largest absolute Gasteiger partial charge is 0.309 e. The molecule has 0 saturated heterocycles. The van der Waals surface area contributed by atoms with Crippen molar-refractivity contribution in [1.82, 2.24) is 24.1 Å². The predicted octanol–water partition coefficient (Wildman–Crippen LogP) is 12.7. The number of rotatable bonds is 6. The van der Waals surface area contributed by atoms with Crippen LogP contribution in [0.2, 0.25) is 0 Å². The van der Waals surface area contributed by atoms with Crippen LogP contribution in [0.4, 0.5) is 0 Å². The summed E-state index contributed by atoms with van der Waals surface area (Å²) in [5.74, 6) is 1.89. The van der Waals surface area contributed by atoms with Crippen molar-refractivity contribution in [3.8, 4) is 56.7 Å². The SMILES string of the molecule is c1ccc(-c2ccc(-c3nc(-c4ccccc4)nc(-c4ccc5c6ccccc6n(-c6ccc7c8ccccc8n(-c8ccccc8)c7c6)c5c4)n3)cc2)cc1. The van der Waals surface area contributed by atoms with E-state index in [4.69, 9.17) is 15.0 Å². The first-order chi connectivity index (χ1) is 27.8. The molecule has 0 aliphatic heterocycles. The molecule has 0 unspecified atom stereocenters. The summed E-state index contributed by atoms with van der Waals surface area (Å²) in [6.45, 7) is 0. The molecule has 5 nitrogen and oxygen atoms in total. The second-order valence-corrected chi connectivity index (χ2v) is 14.1. The Morgan fingerprint density at radius 3 is 1.27 bits per heavy atom. The topological polar surface area (TPSA) is 48.5 Å². The lowest BCUT2D eigenvalue weighted by Gasteiger charge is -2.12. The zero-order chi connectivity index (χ0) is 37.0. The Labute approximate surface area is 323 Å². The van der Waals surface area contributed by atoms with Gasteiger partial charge in [-0.2, -0.15) is 0 Å². The molecule has 5 heteroatoms. The van der Waals surface area contributed by atoms with Gasteiger partial charge in [-0.3, -0.25) is 0 Å². The third-order valence-electron chi connectivity index (χ3n) is 10.8. The molecule has 0 fully saturated rings. The first-order valence-electron chi connectivity index (χ1n) is 18.9. The Hall–Kier alpha value is -7.63. The van der Waals surface area contributed by atoms with Crippen LogP contribution < -0.4 is 0 Å². The summed E-state index contributed by atoms with van der Waals surface area (Å²) in [4.78, 5) is 15.3. The van der Waals surface area contributed by atoms with Gasteiger partial charge in [0.2, 0.25) is 0 Å². The molecule has 0 aliphatic carbocycles. The van der Waals surface area contributed by atoms with E-state index >= 15 is 0 Å². The van der Waals surface area contributed by atoms with Crippen LogP contribution >= 0.6 is 0 Å². The van der Waals surface area contributed by atoms with Crippen LogP contribution in [-0.4, -0.2) is 24.1 Å². The summed E-state index contributed by atoms with van der Waals surface area (Å²) in [5.41, 5.74) is 11.9. The summed E-state index contributed by atoms with van der Waals surface area (Å²) < 4.78 is 4.75. The molecule has 3 aromatic heterocycles. The molecule has 8 aromatic carbocycles. The van der Waals surface area contributed by atoms with Gasteiger partial charge in [-0.1, -0.05) is 158 Å². The first kappa shape index (κ1) is 31.9. The number of hydrogen-bond acceptors (Lipinski definition) is 3. The third kappa shape index (κ3) is 5.29. The lowest BCUT2D eigenvalue weighted by atomic mass is 10.0. The second-order valence-electron chi connectivity index (χ2n) is 14.1. The van der Waals surface area contributed by atoms with Crippen molar-refractivity contribution >= 4 is 43.6 Å². The molecule has 11 aromatic rings. The smallest absolute Gasteiger partial charge is 0.164 e. The highest BCUT2D eigenvalue weighted by molar-refractivity contribution is 6.12. The molecule has 0 radical (unpaired) electrons. The summed E-state index contributed by atoms with van der Waals surface area (Å²) in [7, 11) is 0. The number of aromatic nitrogens is 5. The summed E-state index contributed by atoms with van der Waals surface area (Å²) in [6.07, 6.45) is 0. The Bertz CT molecular complexity index is 3220. The van der Waals surface area contributed by atoms with Crippen LogP contribution in [0.3, 0.4) is 0 Å². The Morgan fingerprint density at radius 2 is 0.643 bits per heavy atom. The number of nitrogens with zero attached hydrogens (tertiary/aromatic N) is 5. The van der Waals surface area contributed by atoms with Gasteiger partial charge < -0.3 is 9.13 Å². The van der Waals surface area contributed by atoms with Gasteiger partial charge in [0.05, 0.1) is 22.1 Å². The molecule has 11 rings (SSSR count). The zero-order valence-electron chi connectivity index (χ0n) is 30.3. The molecule has 0 bridgehead atoms. The van der Waals surface area contributed by atoms with Gasteiger partial charge in [-0.25, -0.2) is 15.0 Å². The zero-order valence-corrected chi connectivity index (χ0v) is 30.3. The van der Waals surface area contributed by atoms with Gasteiger partial charge in [-0.15, -0.1) is 0 Å². The van der Waals surface area contributed by atoms with Gasteiger partial charge >= 0.3 is 0 Å². The van der Waals surface area contributed by atoms with Crippen LogP contribution in [0.15, 0.2) is 200 Å². The molecule has 0 amide bonds. The van der Waals surface area contributed by atoms with E-state index in [1.54, 1.807) is 0 Å². The average molecular weight is 716 g/mol. The summed E-state index contributed by atoms with van der Waals surface area (Å²) >= 11 is 0. The molecule has 56 heavy (non-hydrogen) atoms. The minimum absolute atomic E-state index is 0.624. The Morgan fingerprint density at radius 1 is 0.250 bits per heavy atom. The van der Waals surface area contributed by atoms with E-state index in [0.29, 0.717) is 17.5 Å². The maximum absolute atomic E-state index is 5.14. The number of hydrogen-bond donors (Lipinski definition) is 0. The Balaban J connectivity index is 1.11. The molecule has 0 aliphatic rings. The van der Waals surface area contributed by atoms with Crippen molar-refractivity contribution in [2.24, 2.45) is 0 Å². The standard InChI is InChI=1S/C51H33N5/c1-4-14-34(15-5-1)35-24-26-37(27-25-35)50-52-49(36-16-6-2-7-17-36)53-51(54-50)38-28-30-43-41-20-11-13-23-46(41)56(47(43)32-38)40-29-31-44-42-21-10-12-22-45(42)55(48(44)33-40)39-18-8-3-9-19-39/h1-33H. The number of para-hydroxylation sites is 3. The van der Waals surface area contributed by atoms with E-state index in [9.17, 15) is 0 Å². The van der Waals surface area contributed by atoms with Crippen LogP contribution in [-0.2, 0) is 0 Å². The normalized spacial score (nSPS) is 11.6. The fourth-order valence-electron chi connectivity index (χ4n) is 8.13. The van der Waals surface area contributed by atoms with E-state index in [1.165, 1.54) is 32.6 Å². The molecule has 0 atom stereocenters. The molecule has 0 N–H and O–H groups in total. The maximum atomic E-state index is 5.14. The van der Waals surface area contributed by atoms with Crippen LogP contribution in [0.25, 0.3) is 100 Å². The molecule has 3 heterocycles. The van der Waals surface area contributed by atoms with Gasteiger partial charge in [0, 0.05) is 49.6 Å². The van der Waals surface area contributed by atoms with Crippen LogP contribution in [0, 0.1) is 0 Å². The lowest BCUT2D eigenvalue weighted by Crippen LogP contribution is -2.00. The van der Waals surface area contributed by atoms with E-state index in [2.05, 4.69) is 173 Å². The highest BCUT2D eigenvalue weighted by Crippen LogP contribution is 2.38. The summed E-state index contributed by atoms with van der Waals surface area (Å²) in [6, 6.07) is 70.4. The average Bonchev–Trinajstić information content (AvgIpc) is 3.79. The minimum atomic E-state index is 0.624. The van der Waals surface area contributed by atoms with Gasteiger partial charge in [0.25, 0.3) is 0 Å². The Kier molecular flexibility index (Phi) is 7.42. The highest BCUT2D eigenvalue weighted by atomic mass is 15.0. The quantitative estimate of drug-likeness (QED) is 0.172. The second kappa shape index (κ2) is 13.0. The van der Waals surface area contributed by atoms with Gasteiger partial charge in [0.15, 0.2) is 17.5 Å². The van der Waals surface area contributed by atoms with Crippen LogP contribution in [0.1, 0.15) is 0 Å². The van der Waals surface area contributed by atoms with Crippen molar-refractivity contribution in [2.45, 2.75) is 0 Å². The molecular formula is C51H33N5. The fourth-order valence-corrected chi connectivity index (χ4v) is 8.13. The van der Waals surface area contributed by atoms with E-state index in [-0.39, 0.29) is 0 Å². The molecular weight excluding hydrogens is 683 g/mol. The first-order valence-corrected chi connectivity index (χ1v) is 18.9. The minimum Gasteiger partial charge on any atom is -0.309 e. The van der Waals surface area contributed by atoms with E-state index < -0.39 is 0 Å². The maximum Gasteiger partial charge on any atom is 0.164 e. The third-order valence-corrected chi connectivity index (χ3v) is 10.8.